The fraction of sp³-hybridized carbons (Fsp3) is 0.500. The van der Waals surface area contributed by atoms with E-state index in [-0.39, 0.29) is 11.5 Å². The lowest BCUT2D eigenvalue weighted by Gasteiger charge is -2.27. The van der Waals surface area contributed by atoms with E-state index < -0.39 is 6.04 Å². The van der Waals surface area contributed by atoms with Gasteiger partial charge in [0.2, 0.25) is 0 Å². The number of hydrogen-bond acceptors (Lipinski definition) is 6. The van der Waals surface area contributed by atoms with Gasteiger partial charge in [-0.3, -0.25) is 19.6 Å². The number of carbonyl (C=O) groups excluding carboxylic acids is 1. The van der Waals surface area contributed by atoms with Crippen LogP contribution in [0.5, 0.6) is 0 Å². The van der Waals surface area contributed by atoms with Crippen molar-refractivity contribution in [3.63, 3.8) is 0 Å². The van der Waals surface area contributed by atoms with Gasteiger partial charge in [-0.05, 0) is 26.7 Å². The number of aromatic nitrogens is 3. The molecule has 1 saturated carbocycles. The highest BCUT2D eigenvalue weighted by atomic mass is 16.5. The summed E-state index contributed by atoms with van der Waals surface area (Å²) in [6, 6.07) is 3.33. The van der Waals surface area contributed by atoms with E-state index in [0.29, 0.717) is 36.1 Å². The third kappa shape index (κ3) is 3.03. The average molecular weight is 329 g/mol. The molecule has 1 aliphatic rings. The van der Waals surface area contributed by atoms with Crippen LogP contribution in [0, 0.1) is 11.3 Å². The number of nitriles is 1. The molecule has 24 heavy (non-hydrogen) atoms. The van der Waals surface area contributed by atoms with E-state index in [0.717, 1.165) is 12.8 Å². The predicted octanol–water partition coefficient (Wildman–Crippen LogP) is 0.810. The lowest BCUT2D eigenvalue weighted by molar-refractivity contribution is -0.149. The van der Waals surface area contributed by atoms with Crippen molar-refractivity contribution in [2.45, 2.75) is 45.3 Å². The number of ether oxygens (including phenoxy) is 1. The molecule has 1 atom stereocenters. The van der Waals surface area contributed by atoms with Gasteiger partial charge in [0, 0.05) is 24.8 Å². The van der Waals surface area contributed by atoms with Crippen LogP contribution in [0.4, 0.5) is 0 Å². The number of H-pyrrole nitrogens is 1. The molecule has 2 aromatic rings. The molecule has 0 bridgehead atoms. The Labute approximate surface area is 138 Å². The molecule has 8 nitrogen and oxygen atoms in total. The monoisotopic (exact) mass is 329 g/mol. The van der Waals surface area contributed by atoms with E-state index in [9.17, 15) is 9.59 Å². The number of carbonyl (C=O) groups is 1. The normalized spacial score (nSPS) is 15.4. The number of aromatic amines is 1. The number of hydrogen-bond donors (Lipinski definition) is 1. The Bertz CT molecular complexity index is 859. The first-order valence-corrected chi connectivity index (χ1v) is 7.97. The Morgan fingerprint density at radius 3 is 3.00 bits per heavy atom. The highest BCUT2D eigenvalue weighted by Gasteiger charge is 2.36. The molecule has 0 spiro atoms. The minimum absolute atomic E-state index is 0.276. The lowest BCUT2D eigenvalue weighted by Crippen LogP contribution is -2.41. The van der Waals surface area contributed by atoms with Crippen molar-refractivity contribution < 1.29 is 9.53 Å². The van der Waals surface area contributed by atoms with Crippen molar-refractivity contribution in [2.24, 2.45) is 0 Å². The molecule has 0 amide bonds. The SMILES string of the molecule is CCOC(=O)C(C)N(Cc1cc(=O)n2[nH]cc(C#N)c2n1)C1CC1. The molecule has 1 unspecified atom stereocenters. The van der Waals surface area contributed by atoms with E-state index in [1.54, 1.807) is 13.8 Å². The predicted molar refractivity (Wildman–Crippen MR) is 85.2 cm³/mol. The second-order valence-electron chi connectivity index (χ2n) is 5.88. The molecule has 1 fully saturated rings. The summed E-state index contributed by atoms with van der Waals surface area (Å²) in [6.07, 6.45) is 3.48. The number of esters is 1. The van der Waals surface area contributed by atoms with Gasteiger partial charge in [-0.2, -0.15) is 5.26 Å². The Morgan fingerprint density at radius 2 is 2.38 bits per heavy atom. The standard InChI is InChI=1S/C16H19N5O3/c1-3-24-16(23)10(2)20(13-4-5-13)9-12-6-14(22)21-15(19-12)11(7-17)8-18-21/h6,8,10,13,18H,3-5,9H2,1-2H3. The van der Waals surface area contributed by atoms with Gasteiger partial charge < -0.3 is 4.74 Å². The Kier molecular flexibility index (Phi) is 4.36. The van der Waals surface area contributed by atoms with Crippen molar-refractivity contribution in [3.05, 3.63) is 33.9 Å². The summed E-state index contributed by atoms with van der Waals surface area (Å²) in [5.41, 5.74) is 0.875. The minimum Gasteiger partial charge on any atom is -0.465 e. The third-order valence-corrected chi connectivity index (χ3v) is 4.16. The minimum atomic E-state index is -0.403. The Balaban J connectivity index is 1.90. The van der Waals surface area contributed by atoms with Crippen LogP contribution in [0.2, 0.25) is 0 Å². The molecule has 0 aliphatic heterocycles. The molecule has 0 saturated heterocycles. The van der Waals surface area contributed by atoms with Crippen LogP contribution in [-0.2, 0) is 16.1 Å². The molecule has 126 valence electrons. The first kappa shape index (κ1) is 16.2. The molecule has 2 heterocycles. The Hall–Kier alpha value is -2.66. The molecule has 1 aliphatic carbocycles. The maximum Gasteiger partial charge on any atom is 0.323 e. The smallest absolute Gasteiger partial charge is 0.323 e. The van der Waals surface area contributed by atoms with Crippen LogP contribution in [0.25, 0.3) is 5.65 Å². The molecule has 0 aromatic carbocycles. The van der Waals surface area contributed by atoms with E-state index >= 15 is 0 Å². The molecule has 0 radical (unpaired) electrons. The van der Waals surface area contributed by atoms with Gasteiger partial charge in [0.15, 0.2) is 5.65 Å². The fourth-order valence-electron chi connectivity index (χ4n) is 2.77. The van der Waals surface area contributed by atoms with E-state index in [2.05, 4.69) is 10.1 Å². The maximum atomic E-state index is 12.2. The number of nitrogens with zero attached hydrogens (tertiary/aromatic N) is 4. The topological polar surface area (TPSA) is 103 Å². The average Bonchev–Trinajstić information content (AvgIpc) is 3.31. The zero-order valence-corrected chi connectivity index (χ0v) is 13.7. The van der Waals surface area contributed by atoms with Crippen molar-refractivity contribution in [3.8, 4) is 6.07 Å². The largest absolute Gasteiger partial charge is 0.465 e. The van der Waals surface area contributed by atoms with Gasteiger partial charge in [0.05, 0.1) is 12.3 Å². The molecule has 3 rings (SSSR count). The lowest BCUT2D eigenvalue weighted by atomic mass is 10.2. The van der Waals surface area contributed by atoms with Gasteiger partial charge >= 0.3 is 5.97 Å². The van der Waals surface area contributed by atoms with Crippen LogP contribution >= 0.6 is 0 Å². The number of rotatable bonds is 6. The number of fused-ring (bicyclic) bond motifs is 1. The molecular formula is C16H19N5O3. The summed E-state index contributed by atoms with van der Waals surface area (Å²) in [5, 5.41) is 11.8. The summed E-state index contributed by atoms with van der Waals surface area (Å²) >= 11 is 0. The first-order chi connectivity index (χ1) is 11.5. The van der Waals surface area contributed by atoms with Gasteiger partial charge in [-0.25, -0.2) is 9.50 Å². The van der Waals surface area contributed by atoms with Crippen molar-refractivity contribution in [1.82, 2.24) is 19.5 Å². The molecule has 8 heteroatoms. The van der Waals surface area contributed by atoms with Crippen LogP contribution in [0.1, 0.15) is 37.9 Å². The van der Waals surface area contributed by atoms with Crippen LogP contribution in [0.3, 0.4) is 0 Å². The van der Waals surface area contributed by atoms with Crippen LogP contribution < -0.4 is 5.56 Å². The van der Waals surface area contributed by atoms with Crippen LogP contribution in [0.15, 0.2) is 17.1 Å². The fourth-order valence-corrected chi connectivity index (χ4v) is 2.77. The second kappa shape index (κ2) is 6.45. The van der Waals surface area contributed by atoms with E-state index in [1.165, 1.54) is 16.8 Å². The van der Waals surface area contributed by atoms with Crippen molar-refractivity contribution >= 4 is 11.6 Å². The Morgan fingerprint density at radius 1 is 1.62 bits per heavy atom. The van der Waals surface area contributed by atoms with Crippen molar-refractivity contribution in [2.75, 3.05) is 6.61 Å². The quantitative estimate of drug-likeness (QED) is 0.787. The van der Waals surface area contributed by atoms with Gasteiger partial charge in [-0.15, -0.1) is 0 Å². The zero-order valence-electron chi connectivity index (χ0n) is 13.7. The van der Waals surface area contributed by atoms with E-state index in [1.807, 2.05) is 11.0 Å². The van der Waals surface area contributed by atoms with Gasteiger partial charge in [0.1, 0.15) is 17.7 Å². The van der Waals surface area contributed by atoms with Gasteiger partial charge in [-0.1, -0.05) is 0 Å². The van der Waals surface area contributed by atoms with E-state index in [4.69, 9.17) is 10.00 Å². The summed E-state index contributed by atoms with van der Waals surface area (Å²) < 4.78 is 6.34. The highest BCUT2D eigenvalue weighted by molar-refractivity contribution is 5.75. The third-order valence-electron chi connectivity index (χ3n) is 4.16. The summed E-state index contributed by atoms with van der Waals surface area (Å²) in [6.45, 7) is 4.28. The summed E-state index contributed by atoms with van der Waals surface area (Å²) in [4.78, 5) is 30.7. The first-order valence-electron chi connectivity index (χ1n) is 7.97. The molecular weight excluding hydrogens is 310 g/mol. The highest BCUT2D eigenvalue weighted by Crippen LogP contribution is 2.30. The molecule has 1 N–H and O–H groups in total. The summed E-state index contributed by atoms with van der Waals surface area (Å²) in [7, 11) is 0. The molecule has 2 aromatic heterocycles. The number of nitrogens with one attached hydrogen (secondary N) is 1. The maximum absolute atomic E-state index is 12.2. The van der Waals surface area contributed by atoms with Gasteiger partial charge in [0.25, 0.3) is 5.56 Å². The second-order valence-corrected chi connectivity index (χ2v) is 5.88. The summed E-state index contributed by atoms with van der Waals surface area (Å²) in [5.74, 6) is -0.276. The van der Waals surface area contributed by atoms with Crippen LogP contribution in [-0.4, -0.2) is 44.2 Å². The zero-order chi connectivity index (χ0) is 17.3. The van der Waals surface area contributed by atoms with Crippen molar-refractivity contribution in [1.29, 1.82) is 5.26 Å².